The van der Waals surface area contributed by atoms with Crippen LogP contribution in [0.1, 0.15) is 50.9 Å². The van der Waals surface area contributed by atoms with Gasteiger partial charge in [-0.05, 0) is 30.0 Å². The number of nitrogens with zero attached hydrogens (tertiary/aromatic N) is 1. The topological polar surface area (TPSA) is 44.5 Å². The van der Waals surface area contributed by atoms with Crippen LogP contribution in [-0.4, -0.2) is 15.0 Å². The van der Waals surface area contributed by atoms with Crippen LogP contribution in [0.25, 0.3) is 22.1 Å². The molecule has 0 amide bonds. The highest BCUT2D eigenvalue weighted by Gasteiger charge is 2.10. The van der Waals surface area contributed by atoms with Gasteiger partial charge in [-0.25, -0.2) is 4.98 Å². The Labute approximate surface area is 107 Å². The highest BCUT2D eigenvalue weighted by Crippen LogP contribution is 2.25. The standard InChI is InChI=1S/C15H19N3/c1-8(2)10-5-12-14(16-10)7-15-13(18-12)6-11(17-15)9(3)4/h5-9,16-17H,1-4H3. The Bertz CT molecular complexity index is 592. The first-order chi connectivity index (χ1) is 8.54. The largest absolute Gasteiger partial charge is 0.357 e. The minimum atomic E-state index is 0.503. The number of pyridine rings is 1. The molecular weight excluding hydrogens is 222 g/mol. The molecule has 0 unspecified atom stereocenters. The molecule has 0 aliphatic rings. The summed E-state index contributed by atoms with van der Waals surface area (Å²) in [7, 11) is 0. The van der Waals surface area contributed by atoms with Crippen LogP contribution in [0, 0.1) is 0 Å². The number of rotatable bonds is 2. The van der Waals surface area contributed by atoms with Crippen molar-refractivity contribution in [1.82, 2.24) is 15.0 Å². The molecule has 94 valence electrons. The van der Waals surface area contributed by atoms with E-state index >= 15 is 0 Å². The SMILES string of the molecule is CC(C)c1cc2nc3cc(C(C)C)[nH]c3cc2[nH]1. The minimum Gasteiger partial charge on any atom is -0.357 e. The lowest BCUT2D eigenvalue weighted by Crippen LogP contribution is -1.85. The van der Waals surface area contributed by atoms with Gasteiger partial charge < -0.3 is 9.97 Å². The van der Waals surface area contributed by atoms with E-state index in [1.54, 1.807) is 0 Å². The maximum Gasteiger partial charge on any atom is 0.0890 e. The molecule has 0 aromatic carbocycles. The van der Waals surface area contributed by atoms with Crippen molar-refractivity contribution in [2.24, 2.45) is 0 Å². The molecule has 18 heavy (non-hydrogen) atoms. The maximum absolute atomic E-state index is 4.72. The fourth-order valence-electron chi connectivity index (χ4n) is 2.26. The summed E-state index contributed by atoms with van der Waals surface area (Å²) in [5.74, 6) is 1.01. The lowest BCUT2D eigenvalue weighted by Gasteiger charge is -1.98. The van der Waals surface area contributed by atoms with Crippen molar-refractivity contribution in [2.75, 3.05) is 0 Å². The first-order valence-corrected chi connectivity index (χ1v) is 6.57. The zero-order chi connectivity index (χ0) is 12.9. The van der Waals surface area contributed by atoms with Crippen LogP contribution < -0.4 is 0 Å². The number of aromatic amines is 2. The van der Waals surface area contributed by atoms with Crippen molar-refractivity contribution >= 4 is 22.1 Å². The molecule has 2 N–H and O–H groups in total. The Kier molecular flexibility index (Phi) is 2.44. The predicted molar refractivity (Wildman–Crippen MR) is 76.1 cm³/mol. The number of hydrogen-bond donors (Lipinski definition) is 2. The van der Waals surface area contributed by atoms with Crippen LogP contribution >= 0.6 is 0 Å². The quantitative estimate of drug-likeness (QED) is 0.690. The monoisotopic (exact) mass is 241 g/mol. The molecule has 3 nitrogen and oxygen atoms in total. The van der Waals surface area contributed by atoms with E-state index in [1.165, 1.54) is 11.4 Å². The number of hydrogen-bond acceptors (Lipinski definition) is 1. The van der Waals surface area contributed by atoms with E-state index < -0.39 is 0 Å². The second-order valence-corrected chi connectivity index (χ2v) is 5.61. The molecule has 3 aromatic heterocycles. The Morgan fingerprint density at radius 2 is 1.22 bits per heavy atom. The van der Waals surface area contributed by atoms with E-state index in [-0.39, 0.29) is 0 Å². The van der Waals surface area contributed by atoms with E-state index in [9.17, 15) is 0 Å². The van der Waals surface area contributed by atoms with Gasteiger partial charge in [-0.15, -0.1) is 0 Å². The molecule has 3 aromatic rings. The Morgan fingerprint density at radius 3 is 1.61 bits per heavy atom. The Hall–Kier alpha value is -1.77. The van der Waals surface area contributed by atoms with Crippen LogP contribution in [-0.2, 0) is 0 Å². The summed E-state index contributed by atoms with van der Waals surface area (Å²) in [6.45, 7) is 8.75. The minimum absolute atomic E-state index is 0.503. The summed E-state index contributed by atoms with van der Waals surface area (Å²) in [5, 5.41) is 0. The van der Waals surface area contributed by atoms with Gasteiger partial charge in [-0.3, -0.25) is 0 Å². The van der Waals surface area contributed by atoms with Crippen molar-refractivity contribution in [3.05, 3.63) is 29.6 Å². The zero-order valence-corrected chi connectivity index (χ0v) is 11.3. The van der Waals surface area contributed by atoms with Crippen LogP contribution in [0.5, 0.6) is 0 Å². The fourth-order valence-corrected chi connectivity index (χ4v) is 2.26. The van der Waals surface area contributed by atoms with Crippen molar-refractivity contribution < 1.29 is 0 Å². The third kappa shape index (κ3) is 1.70. The average molecular weight is 241 g/mol. The normalized spacial score (nSPS) is 12.3. The van der Waals surface area contributed by atoms with E-state index in [4.69, 9.17) is 4.98 Å². The van der Waals surface area contributed by atoms with Gasteiger partial charge in [-0.1, -0.05) is 27.7 Å². The third-order valence-electron chi connectivity index (χ3n) is 3.47. The Balaban J connectivity index is 2.21. The summed E-state index contributed by atoms with van der Waals surface area (Å²) in [4.78, 5) is 11.6. The second-order valence-electron chi connectivity index (χ2n) is 5.61. The number of H-pyrrole nitrogens is 2. The summed E-state index contributed by atoms with van der Waals surface area (Å²) in [6.07, 6.45) is 0. The Morgan fingerprint density at radius 1 is 0.778 bits per heavy atom. The van der Waals surface area contributed by atoms with Gasteiger partial charge in [-0.2, -0.15) is 0 Å². The average Bonchev–Trinajstić information content (AvgIpc) is 2.87. The summed E-state index contributed by atoms with van der Waals surface area (Å²) in [5.41, 5.74) is 6.83. The molecule has 3 rings (SSSR count). The molecule has 0 bridgehead atoms. The smallest absolute Gasteiger partial charge is 0.0890 e. The number of nitrogens with one attached hydrogen (secondary N) is 2. The summed E-state index contributed by atoms with van der Waals surface area (Å²) in [6, 6.07) is 6.47. The maximum atomic E-state index is 4.72. The first-order valence-electron chi connectivity index (χ1n) is 6.57. The second kappa shape index (κ2) is 3.87. The van der Waals surface area contributed by atoms with Crippen LogP contribution in [0.3, 0.4) is 0 Å². The zero-order valence-electron chi connectivity index (χ0n) is 11.3. The van der Waals surface area contributed by atoms with E-state index in [2.05, 4.69) is 55.9 Å². The highest BCUT2D eigenvalue weighted by atomic mass is 14.8. The molecule has 0 fully saturated rings. The van der Waals surface area contributed by atoms with Gasteiger partial charge in [0.1, 0.15) is 0 Å². The molecule has 0 saturated heterocycles. The van der Waals surface area contributed by atoms with E-state index in [0.717, 1.165) is 22.1 Å². The molecule has 0 atom stereocenters. The molecule has 0 radical (unpaired) electrons. The predicted octanol–water partition coefficient (Wildman–Crippen LogP) is 4.29. The van der Waals surface area contributed by atoms with E-state index in [0.29, 0.717) is 11.8 Å². The lowest BCUT2D eigenvalue weighted by atomic mass is 10.1. The molecule has 0 aliphatic carbocycles. The first kappa shape index (κ1) is 11.3. The van der Waals surface area contributed by atoms with E-state index in [1.807, 2.05) is 0 Å². The van der Waals surface area contributed by atoms with Crippen molar-refractivity contribution in [3.63, 3.8) is 0 Å². The molecule has 0 saturated carbocycles. The van der Waals surface area contributed by atoms with Gasteiger partial charge in [0.15, 0.2) is 0 Å². The molecule has 3 heterocycles. The van der Waals surface area contributed by atoms with Crippen molar-refractivity contribution in [1.29, 1.82) is 0 Å². The van der Waals surface area contributed by atoms with Crippen molar-refractivity contribution in [3.8, 4) is 0 Å². The fraction of sp³-hybridized carbons (Fsp3) is 0.400. The molecule has 0 spiro atoms. The van der Waals surface area contributed by atoms with Gasteiger partial charge in [0, 0.05) is 11.4 Å². The number of aromatic nitrogens is 3. The van der Waals surface area contributed by atoms with Crippen LogP contribution in [0.4, 0.5) is 0 Å². The lowest BCUT2D eigenvalue weighted by molar-refractivity contribution is 0.835. The third-order valence-corrected chi connectivity index (χ3v) is 3.47. The van der Waals surface area contributed by atoms with Crippen molar-refractivity contribution in [2.45, 2.75) is 39.5 Å². The summed E-state index contributed by atoms with van der Waals surface area (Å²) >= 11 is 0. The number of fused-ring (bicyclic) bond motifs is 2. The molecule has 0 aliphatic heterocycles. The van der Waals surface area contributed by atoms with Crippen LogP contribution in [0.15, 0.2) is 18.2 Å². The van der Waals surface area contributed by atoms with Gasteiger partial charge in [0.25, 0.3) is 0 Å². The highest BCUT2D eigenvalue weighted by molar-refractivity contribution is 5.90. The summed E-state index contributed by atoms with van der Waals surface area (Å²) < 4.78 is 0. The van der Waals surface area contributed by atoms with Crippen LogP contribution in [0.2, 0.25) is 0 Å². The van der Waals surface area contributed by atoms with Gasteiger partial charge in [0.2, 0.25) is 0 Å². The molecular formula is C15H19N3. The molecule has 3 heteroatoms. The van der Waals surface area contributed by atoms with Gasteiger partial charge in [0.05, 0.1) is 22.1 Å². The van der Waals surface area contributed by atoms with Gasteiger partial charge >= 0.3 is 0 Å².